The fourth-order valence-corrected chi connectivity index (χ4v) is 3.26. The van der Waals surface area contributed by atoms with Crippen LogP contribution in [-0.2, 0) is 11.2 Å². The zero-order valence-electron chi connectivity index (χ0n) is 14.5. The van der Waals surface area contributed by atoms with Crippen molar-refractivity contribution in [2.24, 2.45) is 0 Å². The van der Waals surface area contributed by atoms with Crippen LogP contribution in [0.5, 0.6) is 11.5 Å². The Balaban J connectivity index is 1.69. The van der Waals surface area contributed by atoms with Crippen LogP contribution in [0.3, 0.4) is 0 Å². The molecule has 0 spiro atoms. The van der Waals surface area contributed by atoms with Crippen molar-refractivity contribution >= 4 is 17.7 Å². The number of carbonyl (C=O) groups excluding carboxylic acids is 1. The number of ether oxygens (including phenoxy) is 2. The number of halogens is 3. The van der Waals surface area contributed by atoms with Crippen LogP contribution in [0.1, 0.15) is 5.56 Å². The highest BCUT2D eigenvalue weighted by Gasteiger charge is 2.31. The molecule has 8 heteroatoms. The van der Waals surface area contributed by atoms with Crippen molar-refractivity contribution in [2.75, 3.05) is 18.6 Å². The molecule has 1 atom stereocenters. The molecule has 2 aromatic rings. The van der Waals surface area contributed by atoms with Gasteiger partial charge in [-0.15, -0.1) is 13.2 Å². The largest absolute Gasteiger partial charge is 0.573 e. The second kappa shape index (κ2) is 8.12. The number of amides is 1. The van der Waals surface area contributed by atoms with Crippen LogP contribution in [0.15, 0.2) is 42.5 Å². The van der Waals surface area contributed by atoms with E-state index >= 15 is 0 Å². The van der Waals surface area contributed by atoms with Gasteiger partial charge in [-0.05, 0) is 47.2 Å². The number of hydrogen-bond acceptors (Lipinski definition) is 4. The van der Waals surface area contributed by atoms with Gasteiger partial charge in [0.05, 0.1) is 12.3 Å². The maximum Gasteiger partial charge on any atom is 0.573 e. The molecule has 1 N–H and O–H groups in total. The van der Waals surface area contributed by atoms with Gasteiger partial charge in [-0.3, -0.25) is 4.79 Å². The maximum atomic E-state index is 12.4. The molecule has 0 fully saturated rings. The number of benzene rings is 2. The van der Waals surface area contributed by atoms with Gasteiger partial charge in [0.15, 0.2) is 0 Å². The molecule has 0 bridgehead atoms. The summed E-state index contributed by atoms with van der Waals surface area (Å²) in [5.41, 5.74) is 2.35. The monoisotopic (exact) mass is 397 g/mol. The molecule has 0 radical (unpaired) electrons. The minimum absolute atomic E-state index is 0.0378. The Labute approximate surface area is 159 Å². The summed E-state index contributed by atoms with van der Waals surface area (Å²) >= 11 is 1.45. The van der Waals surface area contributed by atoms with Crippen LogP contribution in [0.25, 0.3) is 11.1 Å². The quantitative estimate of drug-likeness (QED) is 0.800. The zero-order chi connectivity index (χ0) is 19.4. The summed E-state index contributed by atoms with van der Waals surface area (Å²) in [6.45, 7) is 0.415. The van der Waals surface area contributed by atoms with Crippen LogP contribution in [0, 0.1) is 0 Å². The third-order valence-corrected chi connectivity index (χ3v) is 4.56. The average molecular weight is 397 g/mol. The Morgan fingerprint density at radius 3 is 2.78 bits per heavy atom. The average Bonchev–Trinajstić information content (AvgIpc) is 3.01. The van der Waals surface area contributed by atoms with E-state index in [2.05, 4.69) is 10.1 Å². The summed E-state index contributed by atoms with van der Waals surface area (Å²) in [6, 6.07) is 11.3. The minimum atomic E-state index is -4.72. The van der Waals surface area contributed by atoms with E-state index in [1.807, 2.05) is 12.3 Å². The number of thioether (sulfide) groups is 1. The second-order valence-electron chi connectivity index (χ2n) is 6.08. The van der Waals surface area contributed by atoms with Gasteiger partial charge >= 0.3 is 6.36 Å². The summed E-state index contributed by atoms with van der Waals surface area (Å²) in [7, 11) is 0. The van der Waals surface area contributed by atoms with Gasteiger partial charge in [-0.25, -0.2) is 0 Å². The second-order valence-corrected chi connectivity index (χ2v) is 6.95. The molecule has 27 heavy (non-hydrogen) atoms. The van der Waals surface area contributed by atoms with Crippen LogP contribution in [0.2, 0.25) is 0 Å². The molecule has 144 valence electrons. The van der Waals surface area contributed by atoms with Crippen molar-refractivity contribution < 1.29 is 27.4 Å². The van der Waals surface area contributed by atoms with Crippen molar-refractivity contribution in [2.45, 2.75) is 18.9 Å². The van der Waals surface area contributed by atoms with Gasteiger partial charge in [0, 0.05) is 6.42 Å². The standard InChI is InChI=1S/C19H18F3NO3S/c1-27-11-18(24)23-10-16-9-14-7-13(5-6-17(14)25-16)12-3-2-4-15(8-12)26-19(20,21)22/h2-8,16H,9-11H2,1H3,(H,23,24)/t16-/m1/s1. The Hall–Kier alpha value is -2.35. The molecule has 0 aromatic heterocycles. The highest BCUT2D eigenvalue weighted by Crippen LogP contribution is 2.34. The van der Waals surface area contributed by atoms with E-state index in [9.17, 15) is 18.0 Å². The molecule has 1 amide bonds. The van der Waals surface area contributed by atoms with E-state index < -0.39 is 6.36 Å². The summed E-state index contributed by atoms with van der Waals surface area (Å²) in [6.07, 6.45) is -2.39. The Bertz CT molecular complexity index is 826. The first-order valence-electron chi connectivity index (χ1n) is 8.25. The van der Waals surface area contributed by atoms with Gasteiger partial charge < -0.3 is 14.8 Å². The van der Waals surface area contributed by atoms with Crippen molar-refractivity contribution in [3.63, 3.8) is 0 Å². The van der Waals surface area contributed by atoms with E-state index in [1.54, 1.807) is 18.2 Å². The number of nitrogens with one attached hydrogen (secondary N) is 1. The van der Waals surface area contributed by atoms with Gasteiger partial charge in [0.2, 0.25) is 5.91 Å². The van der Waals surface area contributed by atoms with E-state index in [0.29, 0.717) is 24.3 Å². The molecule has 1 aliphatic rings. The van der Waals surface area contributed by atoms with Crippen molar-refractivity contribution in [3.05, 3.63) is 48.0 Å². The number of alkyl halides is 3. The summed E-state index contributed by atoms with van der Waals surface area (Å²) in [5, 5.41) is 2.83. The molecule has 0 saturated carbocycles. The molecule has 3 rings (SSSR count). The van der Waals surface area contributed by atoms with E-state index in [4.69, 9.17) is 4.74 Å². The number of rotatable bonds is 6. The highest BCUT2D eigenvalue weighted by atomic mass is 32.2. The SMILES string of the molecule is CSCC(=O)NC[C@H]1Cc2cc(-c3cccc(OC(F)(F)F)c3)ccc2O1. The Morgan fingerprint density at radius 1 is 1.26 bits per heavy atom. The third kappa shape index (κ3) is 5.32. The van der Waals surface area contributed by atoms with E-state index in [1.165, 1.54) is 30.0 Å². The molecular weight excluding hydrogens is 379 g/mol. The Morgan fingerprint density at radius 2 is 2.04 bits per heavy atom. The van der Waals surface area contributed by atoms with Gasteiger partial charge in [0.25, 0.3) is 0 Å². The predicted molar refractivity (Wildman–Crippen MR) is 98.1 cm³/mol. The van der Waals surface area contributed by atoms with Gasteiger partial charge in [0.1, 0.15) is 17.6 Å². The van der Waals surface area contributed by atoms with Crippen LogP contribution < -0.4 is 14.8 Å². The van der Waals surface area contributed by atoms with Gasteiger partial charge in [-0.2, -0.15) is 11.8 Å². The molecule has 1 aliphatic heterocycles. The first kappa shape index (κ1) is 19.4. The van der Waals surface area contributed by atoms with Crippen molar-refractivity contribution in [1.82, 2.24) is 5.32 Å². The number of carbonyl (C=O) groups is 1. The molecule has 0 unspecified atom stereocenters. The summed E-state index contributed by atoms with van der Waals surface area (Å²) in [5.74, 6) is 0.834. The number of hydrogen-bond donors (Lipinski definition) is 1. The lowest BCUT2D eigenvalue weighted by Gasteiger charge is -2.11. The molecule has 1 heterocycles. The van der Waals surface area contributed by atoms with Crippen LogP contribution in [-0.4, -0.2) is 36.9 Å². The van der Waals surface area contributed by atoms with Crippen molar-refractivity contribution in [1.29, 1.82) is 0 Å². The van der Waals surface area contributed by atoms with Crippen LogP contribution in [0.4, 0.5) is 13.2 Å². The summed E-state index contributed by atoms with van der Waals surface area (Å²) < 4.78 is 47.0. The van der Waals surface area contributed by atoms with E-state index in [-0.39, 0.29) is 17.8 Å². The van der Waals surface area contributed by atoms with E-state index in [0.717, 1.165) is 16.9 Å². The first-order chi connectivity index (χ1) is 12.8. The minimum Gasteiger partial charge on any atom is -0.488 e. The van der Waals surface area contributed by atoms with Crippen LogP contribution >= 0.6 is 11.8 Å². The predicted octanol–water partition coefficient (Wildman–Crippen LogP) is 4.03. The summed E-state index contributed by atoms with van der Waals surface area (Å²) in [4.78, 5) is 11.6. The smallest absolute Gasteiger partial charge is 0.488 e. The Kier molecular flexibility index (Phi) is 5.84. The van der Waals surface area contributed by atoms with Gasteiger partial charge in [-0.1, -0.05) is 18.2 Å². The first-order valence-corrected chi connectivity index (χ1v) is 9.65. The molecular formula is C19H18F3NO3S. The molecule has 0 saturated heterocycles. The lowest BCUT2D eigenvalue weighted by molar-refractivity contribution is -0.274. The normalized spacial score (nSPS) is 15.8. The number of fused-ring (bicyclic) bond motifs is 1. The fourth-order valence-electron chi connectivity index (χ4n) is 2.90. The van der Waals surface area contributed by atoms with Crippen molar-refractivity contribution in [3.8, 4) is 22.6 Å². The lowest BCUT2D eigenvalue weighted by atomic mass is 10.0. The topological polar surface area (TPSA) is 47.6 Å². The zero-order valence-corrected chi connectivity index (χ0v) is 15.3. The molecule has 0 aliphatic carbocycles. The molecule has 4 nitrogen and oxygen atoms in total. The molecule has 2 aromatic carbocycles. The fraction of sp³-hybridized carbons (Fsp3) is 0.316. The third-order valence-electron chi connectivity index (χ3n) is 4.00. The maximum absolute atomic E-state index is 12.4. The lowest BCUT2D eigenvalue weighted by Crippen LogP contribution is -2.35. The highest BCUT2D eigenvalue weighted by molar-refractivity contribution is 7.99.